The number of rotatable bonds is 8. The molecular weight excluding hydrogens is 546 g/mol. The number of carbonyl (C=O) groups excluding carboxylic acids is 1. The van der Waals surface area contributed by atoms with Gasteiger partial charge in [0.1, 0.15) is 11.5 Å². The van der Waals surface area contributed by atoms with Gasteiger partial charge in [-0.2, -0.15) is 0 Å². The van der Waals surface area contributed by atoms with E-state index in [2.05, 4.69) is 102 Å². The number of anilines is 1. The number of carbonyl (C=O) groups is 1. The molecule has 1 amide bonds. The summed E-state index contributed by atoms with van der Waals surface area (Å²) >= 11 is 0. The minimum atomic E-state index is -0.132. The van der Waals surface area contributed by atoms with Crippen molar-refractivity contribution in [1.82, 2.24) is 9.80 Å². The van der Waals surface area contributed by atoms with E-state index < -0.39 is 0 Å². The molecule has 4 aromatic carbocycles. The van der Waals surface area contributed by atoms with Gasteiger partial charge in [0.25, 0.3) is 5.91 Å². The Labute approximate surface area is 261 Å². The second-order valence-electron chi connectivity index (χ2n) is 12.2. The van der Waals surface area contributed by atoms with Gasteiger partial charge in [0.05, 0.1) is 14.2 Å². The van der Waals surface area contributed by atoms with Crippen LogP contribution in [-0.2, 0) is 12.0 Å². The lowest BCUT2D eigenvalue weighted by Gasteiger charge is -2.44. The fourth-order valence-electron chi connectivity index (χ4n) is 6.92. The molecule has 6 heteroatoms. The van der Waals surface area contributed by atoms with E-state index in [9.17, 15) is 4.79 Å². The Kier molecular flexibility index (Phi) is 8.89. The molecule has 0 spiro atoms. The van der Waals surface area contributed by atoms with Crippen LogP contribution in [0.4, 0.5) is 5.69 Å². The Morgan fingerprint density at radius 1 is 0.750 bits per heavy atom. The summed E-state index contributed by atoms with van der Waals surface area (Å²) in [7, 11) is 3.42. The molecule has 2 aliphatic heterocycles. The van der Waals surface area contributed by atoms with E-state index in [4.69, 9.17) is 9.47 Å². The topological polar surface area (TPSA) is 45.3 Å². The summed E-state index contributed by atoms with van der Waals surface area (Å²) in [6.07, 6.45) is 2.18. The van der Waals surface area contributed by atoms with Gasteiger partial charge in [0.2, 0.25) is 0 Å². The fraction of sp³-hybridized carbons (Fsp3) is 0.342. The third-order valence-electron chi connectivity index (χ3n) is 9.40. The first-order valence-corrected chi connectivity index (χ1v) is 15.7. The first-order chi connectivity index (χ1) is 21.5. The van der Waals surface area contributed by atoms with E-state index in [0.29, 0.717) is 0 Å². The van der Waals surface area contributed by atoms with Crippen molar-refractivity contribution < 1.29 is 14.3 Å². The molecule has 228 valence electrons. The van der Waals surface area contributed by atoms with Crippen LogP contribution in [0.1, 0.15) is 45.5 Å². The molecule has 0 bridgehead atoms. The van der Waals surface area contributed by atoms with Crippen LogP contribution in [-0.4, -0.2) is 69.2 Å². The van der Waals surface area contributed by atoms with Gasteiger partial charge < -0.3 is 19.3 Å². The lowest BCUT2D eigenvalue weighted by Crippen LogP contribution is -2.48. The normalized spacial score (nSPS) is 16.9. The maximum atomic E-state index is 13.4. The standard InChI is InChI=1S/C38H43N3O3/c1-29-6-4-7-34(26-29)40-22-24-41(25-23-40)37(42)31-10-8-30(9-11-31)27-39-21-5-20-38(28-39,32-12-16-35(43-2)17-13-32)33-14-18-36(44-3)19-15-33/h4,6-19,26H,5,20-25,27-28H2,1-3H3. The summed E-state index contributed by atoms with van der Waals surface area (Å²) < 4.78 is 10.9. The highest BCUT2D eigenvalue weighted by Crippen LogP contribution is 2.42. The molecule has 0 atom stereocenters. The second-order valence-corrected chi connectivity index (χ2v) is 12.2. The van der Waals surface area contributed by atoms with Crippen molar-refractivity contribution in [2.45, 2.75) is 31.7 Å². The van der Waals surface area contributed by atoms with Crippen LogP contribution in [0.15, 0.2) is 97.1 Å². The van der Waals surface area contributed by atoms with Gasteiger partial charge in [-0.15, -0.1) is 0 Å². The van der Waals surface area contributed by atoms with Crippen molar-refractivity contribution in [3.8, 4) is 11.5 Å². The molecule has 2 aliphatic rings. The van der Waals surface area contributed by atoms with Crippen LogP contribution >= 0.6 is 0 Å². The third-order valence-corrected chi connectivity index (χ3v) is 9.40. The number of piperazine rings is 1. The minimum absolute atomic E-state index is 0.122. The van der Waals surface area contributed by atoms with E-state index >= 15 is 0 Å². The van der Waals surface area contributed by atoms with Gasteiger partial charge in [-0.1, -0.05) is 48.5 Å². The first-order valence-electron chi connectivity index (χ1n) is 15.7. The molecule has 4 aromatic rings. The number of methoxy groups -OCH3 is 2. The smallest absolute Gasteiger partial charge is 0.253 e. The predicted molar refractivity (Wildman–Crippen MR) is 177 cm³/mol. The van der Waals surface area contributed by atoms with Gasteiger partial charge in [0.15, 0.2) is 0 Å². The number of hydrogen-bond acceptors (Lipinski definition) is 5. The number of nitrogens with zero attached hydrogens (tertiary/aromatic N) is 3. The molecule has 2 saturated heterocycles. The van der Waals surface area contributed by atoms with Crippen molar-refractivity contribution in [3.63, 3.8) is 0 Å². The average molecular weight is 590 g/mol. The largest absolute Gasteiger partial charge is 0.497 e. The number of likely N-dealkylation sites (tertiary alicyclic amines) is 1. The van der Waals surface area contributed by atoms with E-state index in [0.717, 1.165) is 75.7 Å². The van der Waals surface area contributed by atoms with E-state index in [-0.39, 0.29) is 11.3 Å². The highest BCUT2D eigenvalue weighted by Gasteiger charge is 2.39. The Morgan fingerprint density at radius 2 is 1.36 bits per heavy atom. The van der Waals surface area contributed by atoms with Crippen LogP contribution in [0.2, 0.25) is 0 Å². The number of amides is 1. The zero-order valence-corrected chi connectivity index (χ0v) is 26.2. The maximum absolute atomic E-state index is 13.4. The molecule has 6 rings (SSSR count). The molecule has 0 N–H and O–H groups in total. The molecule has 2 fully saturated rings. The predicted octanol–water partition coefficient (Wildman–Crippen LogP) is 6.56. The summed E-state index contributed by atoms with van der Waals surface area (Å²) in [5, 5.41) is 0. The Morgan fingerprint density at radius 3 is 1.93 bits per heavy atom. The summed E-state index contributed by atoms with van der Waals surface area (Å²) in [5.41, 5.74) is 6.97. The number of aryl methyl sites for hydroxylation is 1. The van der Waals surface area contributed by atoms with Gasteiger partial charge >= 0.3 is 0 Å². The maximum Gasteiger partial charge on any atom is 0.253 e. The number of piperidine rings is 1. The van der Waals surface area contributed by atoms with Gasteiger partial charge in [-0.05, 0) is 97.1 Å². The van der Waals surface area contributed by atoms with Crippen molar-refractivity contribution in [1.29, 1.82) is 0 Å². The third kappa shape index (κ3) is 6.31. The zero-order chi connectivity index (χ0) is 30.5. The van der Waals surface area contributed by atoms with Gasteiger partial charge in [-0.3, -0.25) is 9.69 Å². The number of ether oxygens (including phenoxy) is 2. The van der Waals surface area contributed by atoms with Crippen LogP contribution in [0, 0.1) is 6.92 Å². The number of hydrogen-bond donors (Lipinski definition) is 0. The minimum Gasteiger partial charge on any atom is -0.497 e. The van der Waals surface area contributed by atoms with Crippen molar-refractivity contribution >= 4 is 11.6 Å². The van der Waals surface area contributed by atoms with Crippen LogP contribution in [0.5, 0.6) is 11.5 Å². The monoisotopic (exact) mass is 589 g/mol. The first kappa shape index (κ1) is 29.8. The van der Waals surface area contributed by atoms with E-state index in [1.807, 2.05) is 17.0 Å². The molecule has 6 nitrogen and oxygen atoms in total. The molecule has 44 heavy (non-hydrogen) atoms. The van der Waals surface area contributed by atoms with E-state index in [1.165, 1.54) is 27.9 Å². The molecule has 0 saturated carbocycles. The van der Waals surface area contributed by atoms with E-state index in [1.54, 1.807) is 14.2 Å². The van der Waals surface area contributed by atoms with Crippen LogP contribution in [0.25, 0.3) is 0 Å². The summed E-state index contributed by atoms with van der Waals surface area (Å²) in [6.45, 7) is 8.10. The summed E-state index contributed by atoms with van der Waals surface area (Å²) in [6, 6.07) is 34.0. The Balaban J connectivity index is 1.13. The average Bonchev–Trinajstić information content (AvgIpc) is 3.08. The fourth-order valence-corrected chi connectivity index (χ4v) is 6.92. The lowest BCUT2D eigenvalue weighted by atomic mass is 9.69. The molecule has 0 radical (unpaired) electrons. The summed E-state index contributed by atoms with van der Waals surface area (Å²) in [4.78, 5) is 20.3. The Hall–Kier alpha value is -4.29. The molecule has 0 aliphatic carbocycles. The molecule has 0 aromatic heterocycles. The Bertz CT molecular complexity index is 1490. The highest BCUT2D eigenvalue weighted by atomic mass is 16.5. The van der Waals surface area contributed by atoms with Crippen molar-refractivity contribution in [3.05, 3.63) is 125 Å². The quantitative estimate of drug-likeness (QED) is 0.233. The van der Waals surface area contributed by atoms with Gasteiger partial charge in [0, 0.05) is 55.9 Å². The van der Waals surface area contributed by atoms with Gasteiger partial charge in [-0.25, -0.2) is 0 Å². The lowest BCUT2D eigenvalue weighted by molar-refractivity contribution is 0.0746. The highest BCUT2D eigenvalue weighted by molar-refractivity contribution is 5.94. The van der Waals surface area contributed by atoms with Crippen LogP contribution in [0.3, 0.4) is 0 Å². The molecule has 2 heterocycles. The van der Waals surface area contributed by atoms with Crippen LogP contribution < -0.4 is 14.4 Å². The second kappa shape index (κ2) is 13.1. The number of benzene rings is 4. The zero-order valence-electron chi connectivity index (χ0n) is 26.2. The van der Waals surface area contributed by atoms with Crippen molar-refractivity contribution in [2.75, 3.05) is 58.4 Å². The summed E-state index contributed by atoms with van der Waals surface area (Å²) in [5.74, 6) is 1.86. The molecular formula is C38H43N3O3. The van der Waals surface area contributed by atoms with Crippen molar-refractivity contribution in [2.24, 2.45) is 0 Å². The molecule has 0 unspecified atom stereocenters. The SMILES string of the molecule is COc1ccc(C2(c3ccc(OC)cc3)CCCN(Cc3ccc(C(=O)N4CCN(c5cccc(C)c5)CC4)cc3)C2)cc1.